The van der Waals surface area contributed by atoms with Crippen LogP contribution in [0.2, 0.25) is 0 Å². The van der Waals surface area contributed by atoms with Gasteiger partial charge in [0.05, 0.1) is 19.0 Å². The Morgan fingerprint density at radius 2 is 2.11 bits per heavy atom. The number of pyridine rings is 1. The molecule has 2 heterocycles. The van der Waals surface area contributed by atoms with Crippen molar-refractivity contribution in [2.45, 2.75) is 20.4 Å². The molecule has 0 aliphatic carbocycles. The van der Waals surface area contributed by atoms with Gasteiger partial charge in [-0.1, -0.05) is 6.07 Å². The number of aryl methyl sites for hydroxylation is 1. The minimum atomic E-state index is 0.532. The molecule has 2 rings (SSSR count). The molecule has 0 aliphatic heterocycles. The van der Waals surface area contributed by atoms with Crippen LogP contribution in [-0.2, 0) is 6.54 Å². The molecule has 5 nitrogen and oxygen atoms in total. The summed E-state index contributed by atoms with van der Waals surface area (Å²) in [6, 6.07) is 4.02. The molecule has 1 N–H and O–H groups in total. The molecule has 0 fully saturated rings. The van der Waals surface area contributed by atoms with Gasteiger partial charge in [0.15, 0.2) is 0 Å². The first-order chi connectivity index (χ1) is 8.78. The summed E-state index contributed by atoms with van der Waals surface area (Å²) in [4.78, 5) is 12.6. The molecule has 2 aromatic rings. The Hall–Kier alpha value is -2.17. The zero-order valence-electron chi connectivity index (χ0n) is 10.6. The van der Waals surface area contributed by atoms with Gasteiger partial charge >= 0.3 is 0 Å². The normalized spacial score (nSPS) is 10.1. The summed E-state index contributed by atoms with van der Waals surface area (Å²) in [7, 11) is 0. The molecule has 0 saturated heterocycles. The van der Waals surface area contributed by atoms with Crippen molar-refractivity contribution in [1.29, 1.82) is 0 Å². The minimum Gasteiger partial charge on any atom is -0.477 e. The highest BCUT2D eigenvalue weighted by Gasteiger charge is 1.99. The van der Waals surface area contributed by atoms with Crippen molar-refractivity contribution >= 4 is 5.82 Å². The van der Waals surface area contributed by atoms with E-state index in [1.54, 1.807) is 12.4 Å². The molecule has 0 radical (unpaired) electrons. The fraction of sp³-hybridized carbons (Fsp3) is 0.308. The predicted molar refractivity (Wildman–Crippen MR) is 69.5 cm³/mol. The van der Waals surface area contributed by atoms with Gasteiger partial charge < -0.3 is 10.1 Å². The Bertz CT molecular complexity index is 499. The van der Waals surface area contributed by atoms with Crippen LogP contribution in [0.5, 0.6) is 5.88 Å². The Labute approximate surface area is 106 Å². The number of nitrogens with zero attached hydrogens (tertiary/aromatic N) is 3. The zero-order valence-corrected chi connectivity index (χ0v) is 10.6. The summed E-state index contributed by atoms with van der Waals surface area (Å²) in [5.41, 5.74) is 2.11. The van der Waals surface area contributed by atoms with Crippen molar-refractivity contribution in [2.75, 3.05) is 11.9 Å². The SMILES string of the molecule is CCOc1cncc(NCc2ccc(C)nc2)n1. The van der Waals surface area contributed by atoms with Crippen molar-refractivity contribution in [3.8, 4) is 5.88 Å². The number of anilines is 1. The number of hydrogen-bond donors (Lipinski definition) is 1. The lowest BCUT2D eigenvalue weighted by Crippen LogP contribution is -2.04. The lowest BCUT2D eigenvalue weighted by Gasteiger charge is -2.07. The second-order valence-electron chi connectivity index (χ2n) is 3.84. The molecule has 2 aromatic heterocycles. The highest BCUT2D eigenvalue weighted by molar-refractivity contribution is 5.34. The molecule has 18 heavy (non-hydrogen) atoms. The van der Waals surface area contributed by atoms with Crippen LogP contribution < -0.4 is 10.1 Å². The maximum Gasteiger partial charge on any atom is 0.234 e. The summed E-state index contributed by atoms with van der Waals surface area (Å²) in [6.45, 7) is 5.13. The second kappa shape index (κ2) is 5.95. The molecule has 0 unspecified atom stereocenters. The van der Waals surface area contributed by atoms with Crippen LogP contribution in [0.4, 0.5) is 5.82 Å². The van der Waals surface area contributed by atoms with E-state index < -0.39 is 0 Å². The first-order valence-corrected chi connectivity index (χ1v) is 5.88. The van der Waals surface area contributed by atoms with E-state index in [1.165, 1.54) is 0 Å². The van der Waals surface area contributed by atoms with Gasteiger partial charge in [0, 0.05) is 18.4 Å². The molecular weight excluding hydrogens is 228 g/mol. The molecule has 0 aliphatic rings. The third-order valence-electron chi connectivity index (χ3n) is 2.35. The van der Waals surface area contributed by atoms with Crippen molar-refractivity contribution in [2.24, 2.45) is 0 Å². The third-order valence-corrected chi connectivity index (χ3v) is 2.35. The van der Waals surface area contributed by atoms with Crippen LogP contribution in [0.1, 0.15) is 18.2 Å². The van der Waals surface area contributed by atoms with Gasteiger partial charge in [0.25, 0.3) is 0 Å². The second-order valence-corrected chi connectivity index (χ2v) is 3.84. The molecular formula is C13H16N4O. The van der Waals surface area contributed by atoms with E-state index >= 15 is 0 Å². The monoisotopic (exact) mass is 244 g/mol. The maximum absolute atomic E-state index is 5.29. The van der Waals surface area contributed by atoms with Crippen LogP contribution in [0.25, 0.3) is 0 Å². The van der Waals surface area contributed by atoms with E-state index in [0.29, 0.717) is 24.8 Å². The summed E-state index contributed by atoms with van der Waals surface area (Å²) < 4.78 is 5.29. The summed E-state index contributed by atoms with van der Waals surface area (Å²) >= 11 is 0. The Morgan fingerprint density at radius 1 is 1.22 bits per heavy atom. The van der Waals surface area contributed by atoms with Crippen molar-refractivity contribution < 1.29 is 4.74 Å². The molecule has 0 bridgehead atoms. The molecule has 0 spiro atoms. The largest absolute Gasteiger partial charge is 0.477 e. The van der Waals surface area contributed by atoms with E-state index in [9.17, 15) is 0 Å². The van der Waals surface area contributed by atoms with E-state index in [2.05, 4.69) is 20.3 Å². The average molecular weight is 244 g/mol. The molecule has 0 amide bonds. The van der Waals surface area contributed by atoms with Gasteiger partial charge in [-0.15, -0.1) is 0 Å². The van der Waals surface area contributed by atoms with Crippen molar-refractivity contribution in [3.05, 3.63) is 42.0 Å². The lowest BCUT2D eigenvalue weighted by molar-refractivity contribution is 0.325. The highest BCUT2D eigenvalue weighted by atomic mass is 16.5. The van der Waals surface area contributed by atoms with E-state index in [0.717, 1.165) is 11.3 Å². The van der Waals surface area contributed by atoms with Crippen LogP contribution in [-0.4, -0.2) is 21.6 Å². The summed E-state index contributed by atoms with van der Waals surface area (Å²) in [5, 5.41) is 3.19. The minimum absolute atomic E-state index is 0.532. The molecule has 94 valence electrons. The van der Waals surface area contributed by atoms with Crippen LogP contribution >= 0.6 is 0 Å². The highest BCUT2D eigenvalue weighted by Crippen LogP contribution is 2.10. The lowest BCUT2D eigenvalue weighted by atomic mass is 10.2. The Balaban J connectivity index is 1.97. The maximum atomic E-state index is 5.29. The first kappa shape index (κ1) is 12.3. The zero-order chi connectivity index (χ0) is 12.8. The van der Waals surface area contributed by atoms with Gasteiger partial charge in [0.2, 0.25) is 5.88 Å². The topological polar surface area (TPSA) is 59.9 Å². The van der Waals surface area contributed by atoms with Gasteiger partial charge in [0.1, 0.15) is 5.82 Å². The Morgan fingerprint density at radius 3 is 2.83 bits per heavy atom. The molecule has 5 heteroatoms. The number of aromatic nitrogens is 3. The smallest absolute Gasteiger partial charge is 0.234 e. The van der Waals surface area contributed by atoms with Gasteiger partial charge in [-0.05, 0) is 25.5 Å². The van der Waals surface area contributed by atoms with Crippen molar-refractivity contribution in [3.63, 3.8) is 0 Å². The van der Waals surface area contributed by atoms with Crippen LogP contribution in [0.3, 0.4) is 0 Å². The predicted octanol–water partition coefficient (Wildman–Crippen LogP) is 2.19. The fourth-order valence-corrected chi connectivity index (χ4v) is 1.45. The third kappa shape index (κ3) is 3.41. The first-order valence-electron chi connectivity index (χ1n) is 5.88. The molecule has 0 saturated carbocycles. The van der Waals surface area contributed by atoms with Gasteiger partial charge in [-0.25, -0.2) is 0 Å². The van der Waals surface area contributed by atoms with Crippen molar-refractivity contribution in [1.82, 2.24) is 15.0 Å². The fourth-order valence-electron chi connectivity index (χ4n) is 1.45. The quantitative estimate of drug-likeness (QED) is 0.873. The van der Waals surface area contributed by atoms with E-state index in [-0.39, 0.29) is 0 Å². The Kier molecular flexibility index (Phi) is 4.06. The van der Waals surface area contributed by atoms with Crippen LogP contribution in [0, 0.1) is 6.92 Å². The molecule has 0 aromatic carbocycles. The van der Waals surface area contributed by atoms with Gasteiger partial charge in [-0.3, -0.25) is 9.97 Å². The van der Waals surface area contributed by atoms with Crippen LogP contribution in [0.15, 0.2) is 30.7 Å². The molecule has 0 atom stereocenters. The number of rotatable bonds is 5. The van der Waals surface area contributed by atoms with E-state index in [4.69, 9.17) is 4.74 Å². The summed E-state index contributed by atoms with van der Waals surface area (Å²) in [5.74, 6) is 1.23. The average Bonchev–Trinajstić information content (AvgIpc) is 2.39. The standard InChI is InChI=1S/C13H16N4O/c1-3-18-13-9-14-8-12(17-13)16-7-11-5-4-10(2)15-6-11/h4-6,8-9H,3,7H2,1-2H3,(H,16,17). The number of nitrogens with one attached hydrogen (secondary N) is 1. The van der Waals surface area contributed by atoms with Gasteiger partial charge in [-0.2, -0.15) is 4.98 Å². The summed E-state index contributed by atoms with van der Waals surface area (Å²) in [6.07, 6.45) is 5.12. The number of hydrogen-bond acceptors (Lipinski definition) is 5. The van der Waals surface area contributed by atoms with E-state index in [1.807, 2.05) is 32.2 Å². The number of ether oxygens (including phenoxy) is 1.